The third-order valence-corrected chi connectivity index (χ3v) is 3.55. The van der Waals surface area contributed by atoms with E-state index in [9.17, 15) is 4.79 Å². The van der Waals surface area contributed by atoms with Crippen molar-refractivity contribution in [1.82, 2.24) is 10.3 Å². The van der Waals surface area contributed by atoms with E-state index < -0.39 is 0 Å². The molecule has 5 nitrogen and oxygen atoms in total. The second-order valence-corrected chi connectivity index (χ2v) is 4.96. The van der Waals surface area contributed by atoms with E-state index in [1.807, 2.05) is 0 Å². The van der Waals surface area contributed by atoms with Gasteiger partial charge in [0.05, 0.1) is 24.3 Å². The molecule has 0 saturated heterocycles. The minimum absolute atomic E-state index is 0.00633. The van der Waals surface area contributed by atoms with E-state index in [0.29, 0.717) is 17.7 Å². The number of carbonyl (C=O) groups is 1. The Kier molecular flexibility index (Phi) is 5.73. The molecule has 1 heterocycles. The van der Waals surface area contributed by atoms with Gasteiger partial charge < -0.3 is 15.2 Å². The standard InChI is InChI=1S/C16H20N2O3/c1-21-14-9-4-8-13(14)18-16(20)15-12(6-2-3-11-19)7-5-10-17-15/h5,7,10,13-14,19H,3-4,8-9,11H2,1H3,(H,18,20). The minimum Gasteiger partial charge on any atom is -0.395 e. The van der Waals surface area contributed by atoms with Crippen LogP contribution in [0.1, 0.15) is 41.7 Å². The van der Waals surface area contributed by atoms with Crippen LogP contribution in [0.25, 0.3) is 0 Å². The molecular weight excluding hydrogens is 268 g/mol. The topological polar surface area (TPSA) is 71.5 Å². The first-order valence-corrected chi connectivity index (χ1v) is 7.14. The average Bonchev–Trinajstić information content (AvgIpc) is 2.95. The number of nitrogens with one attached hydrogen (secondary N) is 1. The molecule has 1 aromatic heterocycles. The van der Waals surface area contributed by atoms with Crippen molar-refractivity contribution in [1.29, 1.82) is 0 Å². The number of ether oxygens (including phenoxy) is 1. The van der Waals surface area contributed by atoms with Gasteiger partial charge in [-0.2, -0.15) is 0 Å². The van der Waals surface area contributed by atoms with E-state index in [2.05, 4.69) is 22.1 Å². The molecule has 21 heavy (non-hydrogen) atoms. The zero-order chi connectivity index (χ0) is 15.1. The summed E-state index contributed by atoms with van der Waals surface area (Å²) in [6, 6.07) is 3.53. The number of aromatic nitrogens is 1. The van der Waals surface area contributed by atoms with Crippen LogP contribution in [-0.4, -0.2) is 41.9 Å². The molecule has 0 aromatic carbocycles. The van der Waals surface area contributed by atoms with Gasteiger partial charge in [0.2, 0.25) is 0 Å². The van der Waals surface area contributed by atoms with Gasteiger partial charge in [-0.1, -0.05) is 11.8 Å². The van der Waals surface area contributed by atoms with Crippen LogP contribution in [0.4, 0.5) is 0 Å². The molecule has 112 valence electrons. The minimum atomic E-state index is -0.224. The number of aliphatic hydroxyl groups is 1. The Labute approximate surface area is 124 Å². The predicted octanol–water partition coefficient (Wildman–Crippen LogP) is 1.11. The van der Waals surface area contributed by atoms with E-state index in [4.69, 9.17) is 9.84 Å². The average molecular weight is 288 g/mol. The lowest BCUT2D eigenvalue weighted by molar-refractivity contribution is 0.0719. The van der Waals surface area contributed by atoms with E-state index in [0.717, 1.165) is 19.3 Å². The molecule has 0 aliphatic heterocycles. The first-order valence-electron chi connectivity index (χ1n) is 7.14. The molecule has 1 aliphatic carbocycles. The number of methoxy groups -OCH3 is 1. The van der Waals surface area contributed by atoms with Crippen LogP contribution in [0.2, 0.25) is 0 Å². The highest BCUT2D eigenvalue weighted by molar-refractivity contribution is 5.95. The smallest absolute Gasteiger partial charge is 0.271 e. The van der Waals surface area contributed by atoms with Crippen molar-refractivity contribution in [2.45, 2.75) is 37.8 Å². The third-order valence-electron chi connectivity index (χ3n) is 3.55. The molecule has 5 heteroatoms. The Balaban J connectivity index is 2.10. The molecule has 0 spiro atoms. The molecule has 2 N–H and O–H groups in total. The van der Waals surface area contributed by atoms with Gasteiger partial charge in [-0.3, -0.25) is 4.79 Å². The number of nitrogens with zero attached hydrogens (tertiary/aromatic N) is 1. The first kappa shape index (κ1) is 15.5. The summed E-state index contributed by atoms with van der Waals surface area (Å²) in [7, 11) is 1.67. The highest BCUT2D eigenvalue weighted by atomic mass is 16.5. The number of rotatable bonds is 4. The largest absolute Gasteiger partial charge is 0.395 e. The van der Waals surface area contributed by atoms with Crippen LogP contribution in [0.3, 0.4) is 0 Å². The molecule has 0 radical (unpaired) electrons. The van der Waals surface area contributed by atoms with Crippen molar-refractivity contribution in [3.8, 4) is 11.8 Å². The van der Waals surface area contributed by atoms with Crippen molar-refractivity contribution in [3.63, 3.8) is 0 Å². The highest BCUT2D eigenvalue weighted by Crippen LogP contribution is 2.21. The summed E-state index contributed by atoms with van der Waals surface area (Å²) in [4.78, 5) is 16.5. The summed E-state index contributed by atoms with van der Waals surface area (Å²) in [5.41, 5.74) is 0.903. The lowest BCUT2D eigenvalue weighted by atomic mass is 10.1. The zero-order valence-corrected chi connectivity index (χ0v) is 12.1. The van der Waals surface area contributed by atoms with Gasteiger partial charge in [-0.15, -0.1) is 0 Å². The SMILES string of the molecule is COC1CCCC1NC(=O)c1ncccc1C#CCCO. The maximum absolute atomic E-state index is 12.4. The molecule has 2 unspecified atom stereocenters. The van der Waals surface area contributed by atoms with Crippen molar-refractivity contribution in [2.75, 3.05) is 13.7 Å². The van der Waals surface area contributed by atoms with Gasteiger partial charge in [0.1, 0.15) is 5.69 Å². The van der Waals surface area contributed by atoms with Crippen LogP contribution in [0.15, 0.2) is 18.3 Å². The van der Waals surface area contributed by atoms with Crippen molar-refractivity contribution < 1.29 is 14.6 Å². The third kappa shape index (κ3) is 4.03. The normalized spacial score (nSPS) is 20.7. The molecule has 1 saturated carbocycles. The fraction of sp³-hybridized carbons (Fsp3) is 0.500. The summed E-state index contributed by atoms with van der Waals surface area (Å²) in [5.74, 6) is 5.47. The van der Waals surface area contributed by atoms with Crippen LogP contribution in [0, 0.1) is 11.8 Å². The van der Waals surface area contributed by atoms with Crippen molar-refractivity contribution in [3.05, 3.63) is 29.6 Å². The lowest BCUT2D eigenvalue weighted by Gasteiger charge is -2.19. The Morgan fingerprint density at radius 1 is 1.57 bits per heavy atom. The number of aliphatic hydroxyl groups excluding tert-OH is 1. The number of pyridine rings is 1. The number of hydrogen-bond donors (Lipinski definition) is 2. The first-order chi connectivity index (χ1) is 10.3. The summed E-state index contributed by atoms with van der Waals surface area (Å²) < 4.78 is 5.38. The van der Waals surface area contributed by atoms with Crippen LogP contribution in [0.5, 0.6) is 0 Å². The Bertz CT molecular complexity index is 548. The number of carbonyl (C=O) groups excluding carboxylic acids is 1. The van der Waals surface area contributed by atoms with Crippen molar-refractivity contribution >= 4 is 5.91 Å². The van der Waals surface area contributed by atoms with Crippen molar-refractivity contribution in [2.24, 2.45) is 0 Å². The summed E-state index contributed by atoms with van der Waals surface area (Å²) >= 11 is 0. The maximum Gasteiger partial charge on any atom is 0.271 e. The monoisotopic (exact) mass is 288 g/mol. The summed E-state index contributed by atoms with van der Waals surface area (Å²) in [6.45, 7) is 0.00633. The number of hydrogen-bond acceptors (Lipinski definition) is 4. The predicted molar refractivity (Wildman–Crippen MR) is 78.7 cm³/mol. The lowest BCUT2D eigenvalue weighted by Crippen LogP contribution is -2.41. The molecule has 1 amide bonds. The van der Waals surface area contributed by atoms with Gasteiger partial charge in [0.15, 0.2) is 0 Å². The quantitative estimate of drug-likeness (QED) is 0.814. The molecule has 2 atom stereocenters. The Morgan fingerprint density at radius 2 is 2.43 bits per heavy atom. The van der Waals surface area contributed by atoms with E-state index in [1.54, 1.807) is 25.4 Å². The molecule has 1 aromatic rings. The fourth-order valence-electron chi connectivity index (χ4n) is 2.51. The summed E-state index contributed by atoms with van der Waals surface area (Å²) in [6.07, 6.45) is 4.96. The van der Waals surface area contributed by atoms with Crippen LogP contribution in [-0.2, 0) is 4.74 Å². The molecular formula is C16H20N2O3. The van der Waals surface area contributed by atoms with Gasteiger partial charge in [0, 0.05) is 19.7 Å². The Hall–Kier alpha value is -1.90. The van der Waals surface area contributed by atoms with Gasteiger partial charge in [-0.05, 0) is 31.4 Å². The van der Waals surface area contributed by atoms with Gasteiger partial charge >= 0.3 is 0 Å². The van der Waals surface area contributed by atoms with E-state index in [-0.39, 0.29) is 24.7 Å². The van der Waals surface area contributed by atoms with E-state index in [1.165, 1.54) is 0 Å². The molecule has 0 bridgehead atoms. The maximum atomic E-state index is 12.4. The Morgan fingerprint density at radius 3 is 3.19 bits per heavy atom. The number of amides is 1. The molecule has 2 rings (SSSR count). The molecule has 1 aliphatic rings. The van der Waals surface area contributed by atoms with Gasteiger partial charge in [0.25, 0.3) is 5.91 Å². The highest BCUT2D eigenvalue weighted by Gasteiger charge is 2.29. The van der Waals surface area contributed by atoms with Crippen LogP contribution >= 0.6 is 0 Å². The zero-order valence-electron chi connectivity index (χ0n) is 12.1. The summed E-state index contributed by atoms with van der Waals surface area (Å²) in [5, 5.41) is 11.7. The fourth-order valence-corrected chi connectivity index (χ4v) is 2.51. The van der Waals surface area contributed by atoms with E-state index >= 15 is 0 Å². The molecule has 1 fully saturated rings. The van der Waals surface area contributed by atoms with Gasteiger partial charge in [-0.25, -0.2) is 4.98 Å². The van der Waals surface area contributed by atoms with Crippen LogP contribution < -0.4 is 5.32 Å². The second kappa shape index (κ2) is 7.77. The second-order valence-electron chi connectivity index (χ2n) is 4.96.